The first kappa shape index (κ1) is 17.1. The van der Waals surface area contributed by atoms with Gasteiger partial charge in [-0.2, -0.15) is 0 Å². The number of aryl methyl sites for hydroxylation is 2. The summed E-state index contributed by atoms with van der Waals surface area (Å²) in [5.74, 6) is 0.0617. The molecule has 5 nitrogen and oxygen atoms in total. The van der Waals surface area contributed by atoms with Crippen molar-refractivity contribution in [3.05, 3.63) is 83.8 Å². The van der Waals surface area contributed by atoms with E-state index >= 15 is 0 Å². The molecule has 27 heavy (non-hydrogen) atoms. The molecule has 0 saturated carbocycles. The highest BCUT2D eigenvalue weighted by molar-refractivity contribution is 6.17. The number of nitrogens with one attached hydrogen (secondary N) is 1. The van der Waals surface area contributed by atoms with Crippen molar-refractivity contribution < 1.29 is 14.0 Å². The second-order valence-electron chi connectivity index (χ2n) is 6.80. The van der Waals surface area contributed by atoms with E-state index in [0.29, 0.717) is 11.4 Å². The van der Waals surface area contributed by atoms with Crippen LogP contribution in [0.5, 0.6) is 0 Å². The highest BCUT2D eigenvalue weighted by atomic mass is 16.3. The molecule has 136 valence electrons. The molecule has 1 aliphatic heterocycles. The number of β-lactam (4-membered cyclic amide) rings is 1. The number of carbonyl (C=O) groups excluding carboxylic acids is 2. The molecule has 0 spiro atoms. The molecule has 2 amide bonds. The number of amides is 2. The number of anilines is 2. The topological polar surface area (TPSA) is 62.6 Å². The van der Waals surface area contributed by atoms with Crippen LogP contribution in [0, 0.1) is 13.8 Å². The highest BCUT2D eigenvalue weighted by Gasteiger charge is 2.60. The summed E-state index contributed by atoms with van der Waals surface area (Å²) in [5.41, 5.74) is 2.11. The van der Waals surface area contributed by atoms with Gasteiger partial charge in [0, 0.05) is 11.4 Å². The van der Waals surface area contributed by atoms with Gasteiger partial charge in [-0.05, 0) is 49.2 Å². The molecule has 1 aliphatic rings. The maximum atomic E-state index is 13.4. The summed E-state index contributed by atoms with van der Waals surface area (Å²) < 4.78 is 5.62. The molecule has 1 aromatic heterocycles. The Kier molecular flexibility index (Phi) is 4.07. The van der Waals surface area contributed by atoms with Crippen LogP contribution in [-0.2, 0) is 15.1 Å². The van der Waals surface area contributed by atoms with Crippen molar-refractivity contribution in [2.75, 3.05) is 10.2 Å². The molecule has 3 aromatic rings. The van der Waals surface area contributed by atoms with Crippen LogP contribution in [0.1, 0.15) is 23.3 Å². The van der Waals surface area contributed by atoms with Gasteiger partial charge in [-0.1, -0.05) is 36.4 Å². The lowest BCUT2D eigenvalue weighted by molar-refractivity contribution is -0.138. The summed E-state index contributed by atoms with van der Waals surface area (Å²) in [4.78, 5) is 27.6. The van der Waals surface area contributed by atoms with Gasteiger partial charge in [-0.3, -0.25) is 14.5 Å². The lowest BCUT2D eigenvalue weighted by Crippen LogP contribution is -2.67. The minimum absolute atomic E-state index is 0.0621. The van der Waals surface area contributed by atoms with Gasteiger partial charge in [0.2, 0.25) is 5.91 Å². The van der Waals surface area contributed by atoms with E-state index in [4.69, 9.17) is 4.42 Å². The van der Waals surface area contributed by atoms with Crippen LogP contribution < -0.4 is 10.2 Å². The van der Waals surface area contributed by atoms with E-state index in [-0.39, 0.29) is 18.2 Å². The molecule has 1 N–H and O–H groups in total. The van der Waals surface area contributed by atoms with Crippen LogP contribution in [-0.4, -0.2) is 11.8 Å². The fraction of sp³-hybridized carbons (Fsp3) is 0.182. The summed E-state index contributed by atoms with van der Waals surface area (Å²) in [5, 5.41) is 2.99. The number of nitrogens with zero attached hydrogens (tertiary/aromatic N) is 1. The van der Waals surface area contributed by atoms with Crippen molar-refractivity contribution in [2.45, 2.75) is 25.8 Å². The second-order valence-corrected chi connectivity index (χ2v) is 6.80. The van der Waals surface area contributed by atoms with Crippen molar-refractivity contribution in [3.8, 4) is 0 Å². The third kappa shape index (κ3) is 2.63. The van der Waals surface area contributed by atoms with Gasteiger partial charge in [0.05, 0.1) is 12.7 Å². The molecule has 1 atom stereocenters. The minimum atomic E-state index is -1.20. The maximum absolute atomic E-state index is 13.4. The fourth-order valence-corrected chi connectivity index (χ4v) is 3.60. The Morgan fingerprint density at radius 1 is 1.00 bits per heavy atom. The van der Waals surface area contributed by atoms with Crippen molar-refractivity contribution in [1.82, 2.24) is 0 Å². The molecule has 4 rings (SSSR count). The molecule has 1 unspecified atom stereocenters. The minimum Gasteiger partial charge on any atom is -0.466 e. The zero-order chi connectivity index (χ0) is 19.0. The summed E-state index contributed by atoms with van der Waals surface area (Å²) in [6, 6.07) is 18.6. The Labute approximate surface area is 157 Å². The average molecular weight is 360 g/mol. The van der Waals surface area contributed by atoms with Crippen LogP contribution in [0.25, 0.3) is 0 Å². The van der Waals surface area contributed by atoms with Crippen molar-refractivity contribution >= 4 is 23.2 Å². The molecule has 2 aromatic carbocycles. The van der Waals surface area contributed by atoms with Crippen LogP contribution in [0.2, 0.25) is 0 Å². The Balaban J connectivity index is 1.80. The van der Waals surface area contributed by atoms with Crippen molar-refractivity contribution in [2.24, 2.45) is 0 Å². The highest BCUT2D eigenvalue weighted by Crippen LogP contribution is 2.46. The van der Waals surface area contributed by atoms with Gasteiger partial charge >= 0.3 is 0 Å². The van der Waals surface area contributed by atoms with Crippen molar-refractivity contribution in [3.63, 3.8) is 0 Å². The summed E-state index contributed by atoms with van der Waals surface area (Å²) in [6.07, 6.45) is 1.59. The fourth-order valence-electron chi connectivity index (χ4n) is 3.60. The third-order valence-corrected chi connectivity index (χ3v) is 5.09. The number of para-hydroxylation sites is 2. The predicted octanol–water partition coefficient (Wildman–Crippen LogP) is 4.17. The molecule has 0 bridgehead atoms. The Bertz CT molecular complexity index is 1010. The molecular weight excluding hydrogens is 340 g/mol. The Morgan fingerprint density at radius 3 is 2.33 bits per heavy atom. The van der Waals surface area contributed by atoms with Gasteiger partial charge in [0.25, 0.3) is 5.91 Å². The smallest absolute Gasteiger partial charge is 0.259 e. The third-order valence-electron chi connectivity index (χ3n) is 5.09. The zero-order valence-corrected chi connectivity index (χ0v) is 15.2. The number of rotatable bonds is 4. The second kappa shape index (κ2) is 6.43. The molecule has 1 fully saturated rings. The first-order valence-electron chi connectivity index (χ1n) is 8.84. The number of hydrogen-bond donors (Lipinski definition) is 1. The van der Waals surface area contributed by atoms with Gasteiger partial charge in [-0.15, -0.1) is 0 Å². The molecule has 0 radical (unpaired) electrons. The van der Waals surface area contributed by atoms with E-state index in [1.54, 1.807) is 17.0 Å². The molecule has 5 heteroatoms. The lowest BCUT2D eigenvalue weighted by atomic mass is 9.79. The van der Waals surface area contributed by atoms with Gasteiger partial charge < -0.3 is 9.73 Å². The van der Waals surface area contributed by atoms with Crippen LogP contribution in [0.4, 0.5) is 11.4 Å². The molecule has 2 heterocycles. The van der Waals surface area contributed by atoms with E-state index in [2.05, 4.69) is 5.32 Å². The molecular formula is C22H20N2O3. The zero-order valence-electron chi connectivity index (χ0n) is 15.2. The quantitative estimate of drug-likeness (QED) is 0.711. The van der Waals surface area contributed by atoms with E-state index < -0.39 is 5.54 Å². The van der Waals surface area contributed by atoms with E-state index in [1.807, 2.05) is 62.4 Å². The summed E-state index contributed by atoms with van der Waals surface area (Å²) in [6.45, 7) is 3.85. The number of hydrogen-bond acceptors (Lipinski definition) is 3. The molecule has 0 aliphatic carbocycles. The Hall–Kier alpha value is -3.34. The summed E-state index contributed by atoms with van der Waals surface area (Å²) in [7, 11) is 0. The first-order valence-corrected chi connectivity index (χ1v) is 8.84. The van der Waals surface area contributed by atoms with Crippen molar-refractivity contribution in [1.29, 1.82) is 0 Å². The average Bonchev–Trinajstić information content (AvgIpc) is 3.18. The predicted molar refractivity (Wildman–Crippen MR) is 103 cm³/mol. The number of benzene rings is 2. The van der Waals surface area contributed by atoms with Gasteiger partial charge in [-0.25, -0.2) is 0 Å². The maximum Gasteiger partial charge on any atom is 0.259 e. The van der Waals surface area contributed by atoms with Crippen LogP contribution in [0.15, 0.2) is 71.3 Å². The van der Waals surface area contributed by atoms with Crippen LogP contribution in [0.3, 0.4) is 0 Å². The summed E-state index contributed by atoms with van der Waals surface area (Å²) >= 11 is 0. The van der Waals surface area contributed by atoms with E-state index in [9.17, 15) is 9.59 Å². The largest absolute Gasteiger partial charge is 0.466 e. The number of furan rings is 1. The standard InChI is InChI=1S/C22H20N2O3/c1-15-8-3-5-10-17(15)23-21(26)22(19-12-7-13-27-19)14-20(25)24(22)18-11-6-4-9-16(18)2/h3-13H,14H2,1-2H3,(H,23,26). The van der Waals surface area contributed by atoms with Gasteiger partial charge in [0.15, 0.2) is 5.54 Å². The van der Waals surface area contributed by atoms with E-state index in [1.165, 1.54) is 6.26 Å². The SMILES string of the molecule is Cc1ccccc1NC(=O)C1(c2ccco2)CC(=O)N1c1ccccc1C. The normalized spacial score (nSPS) is 18.9. The monoisotopic (exact) mass is 360 g/mol. The molecule has 1 saturated heterocycles. The van der Waals surface area contributed by atoms with Gasteiger partial charge in [0.1, 0.15) is 5.76 Å². The number of carbonyl (C=O) groups is 2. The first-order chi connectivity index (χ1) is 13.0. The Morgan fingerprint density at radius 2 is 1.70 bits per heavy atom. The lowest BCUT2D eigenvalue weighted by Gasteiger charge is -2.49. The van der Waals surface area contributed by atoms with Crippen LogP contribution >= 0.6 is 0 Å². The van der Waals surface area contributed by atoms with E-state index in [0.717, 1.165) is 16.8 Å².